The Morgan fingerprint density at radius 3 is 2.60 bits per heavy atom. The number of aromatic amines is 1. The van der Waals surface area contributed by atoms with Gasteiger partial charge in [0, 0.05) is 11.8 Å². The highest BCUT2D eigenvalue weighted by molar-refractivity contribution is 5.77. The number of H-pyrrole nitrogens is 1. The topological polar surface area (TPSA) is 79.2 Å². The van der Waals surface area contributed by atoms with Gasteiger partial charge in [-0.15, -0.1) is 0 Å². The number of phenolic OH excluding ortho intramolecular Hbond substituents is 1. The Morgan fingerprint density at radius 1 is 1.20 bits per heavy atom. The van der Waals surface area contributed by atoms with Crippen LogP contribution in [0.1, 0.15) is 0 Å². The molecule has 0 atom stereocenters. The normalized spacial score (nSPS) is 10.1. The summed E-state index contributed by atoms with van der Waals surface area (Å²) in [6.07, 6.45) is 2.79. The highest BCUT2D eigenvalue weighted by Crippen LogP contribution is 2.34. The molecule has 2 N–H and O–H groups in total. The van der Waals surface area contributed by atoms with Crippen LogP contribution in [0.4, 0.5) is 5.69 Å². The highest BCUT2D eigenvalue weighted by Gasteiger charge is 2.17. The van der Waals surface area contributed by atoms with E-state index in [0.717, 1.165) is 0 Å². The minimum atomic E-state index is -0.488. The predicted octanol–water partition coefficient (Wildman–Crippen LogP) is 2.30. The fourth-order valence-corrected chi connectivity index (χ4v) is 1.42. The lowest BCUT2D eigenvalue weighted by Gasteiger charge is -2.00. The molecule has 5 heteroatoms. The van der Waals surface area contributed by atoms with Gasteiger partial charge in [-0.05, 0) is 6.07 Å². The summed E-state index contributed by atoms with van der Waals surface area (Å²) in [5.41, 5.74) is 0.792. The van der Waals surface area contributed by atoms with Crippen LogP contribution < -0.4 is 0 Å². The average Bonchev–Trinajstić information content (AvgIpc) is 2.67. The van der Waals surface area contributed by atoms with Gasteiger partial charge < -0.3 is 10.1 Å². The van der Waals surface area contributed by atoms with Crippen molar-refractivity contribution in [2.45, 2.75) is 0 Å². The van der Waals surface area contributed by atoms with Crippen molar-refractivity contribution >= 4 is 5.69 Å². The number of rotatable bonds is 2. The number of para-hydroxylation sites is 1. The van der Waals surface area contributed by atoms with Gasteiger partial charge in [-0.3, -0.25) is 10.1 Å². The van der Waals surface area contributed by atoms with Crippen molar-refractivity contribution in [2.24, 2.45) is 0 Å². The minimum absolute atomic E-state index is 0.0280. The van der Waals surface area contributed by atoms with E-state index < -0.39 is 4.92 Å². The highest BCUT2D eigenvalue weighted by atomic mass is 16.6. The van der Waals surface area contributed by atoms with Crippen molar-refractivity contribution in [3.63, 3.8) is 0 Å². The number of hydrogen-bond acceptors (Lipinski definition) is 3. The summed E-state index contributed by atoms with van der Waals surface area (Å²) in [7, 11) is 0. The largest absolute Gasteiger partial charge is 0.507 e. The zero-order chi connectivity index (χ0) is 10.8. The number of hydrogen-bond donors (Lipinski definition) is 2. The number of nitro groups is 1. The van der Waals surface area contributed by atoms with Gasteiger partial charge in [-0.25, -0.2) is 0 Å². The summed E-state index contributed by atoms with van der Waals surface area (Å²) >= 11 is 0. The molecule has 0 fully saturated rings. The van der Waals surface area contributed by atoms with Gasteiger partial charge in [0.2, 0.25) is 0 Å². The summed E-state index contributed by atoms with van der Waals surface area (Å²) in [6, 6.07) is 6.50. The lowest BCUT2D eigenvalue weighted by molar-refractivity contribution is -0.384. The maximum Gasteiger partial charge on any atom is 0.294 e. The number of benzene rings is 1. The molecule has 0 bridgehead atoms. The lowest BCUT2D eigenvalue weighted by Crippen LogP contribution is -1.87. The maximum atomic E-state index is 10.7. The molecule has 76 valence electrons. The van der Waals surface area contributed by atoms with Gasteiger partial charge in [-0.2, -0.15) is 0 Å². The molecule has 1 aromatic heterocycles. The zero-order valence-corrected chi connectivity index (χ0v) is 7.68. The Hall–Kier alpha value is -2.30. The van der Waals surface area contributed by atoms with E-state index in [1.54, 1.807) is 18.2 Å². The van der Waals surface area contributed by atoms with Gasteiger partial charge in [-0.1, -0.05) is 18.2 Å². The third-order valence-corrected chi connectivity index (χ3v) is 2.11. The first-order valence-corrected chi connectivity index (χ1v) is 4.29. The maximum absolute atomic E-state index is 10.7. The second-order valence-electron chi connectivity index (χ2n) is 3.03. The van der Waals surface area contributed by atoms with Gasteiger partial charge in [0.1, 0.15) is 5.75 Å². The molecule has 0 amide bonds. The van der Waals surface area contributed by atoms with Gasteiger partial charge in [0.05, 0.1) is 16.7 Å². The van der Waals surface area contributed by atoms with Crippen LogP contribution in [0.15, 0.2) is 36.7 Å². The van der Waals surface area contributed by atoms with E-state index in [1.807, 2.05) is 0 Å². The van der Waals surface area contributed by atoms with Crippen LogP contribution in [-0.4, -0.2) is 15.0 Å². The van der Waals surface area contributed by atoms with Crippen LogP contribution in [0.3, 0.4) is 0 Å². The average molecular weight is 204 g/mol. The fraction of sp³-hybridized carbons (Fsp3) is 0. The Balaban J connectivity index is 2.59. The van der Waals surface area contributed by atoms with Crippen LogP contribution in [0.2, 0.25) is 0 Å². The van der Waals surface area contributed by atoms with Crippen LogP contribution in [0.25, 0.3) is 11.1 Å². The van der Waals surface area contributed by atoms with E-state index in [1.165, 1.54) is 18.5 Å². The van der Waals surface area contributed by atoms with E-state index in [2.05, 4.69) is 4.98 Å². The fourth-order valence-electron chi connectivity index (χ4n) is 1.42. The van der Waals surface area contributed by atoms with Gasteiger partial charge in [0.15, 0.2) is 0 Å². The van der Waals surface area contributed by atoms with E-state index in [4.69, 9.17) is 0 Å². The summed E-state index contributed by atoms with van der Waals surface area (Å²) in [5.74, 6) is 0.0280. The molecule has 0 saturated carbocycles. The quantitative estimate of drug-likeness (QED) is 0.581. The van der Waals surface area contributed by atoms with Crippen molar-refractivity contribution in [1.29, 1.82) is 0 Å². The van der Waals surface area contributed by atoms with Crippen LogP contribution in [0, 0.1) is 10.1 Å². The van der Waals surface area contributed by atoms with Crippen molar-refractivity contribution < 1.29 is 10.0 Å². The Morgan fingerprint density at radius 2 is 1.93 bits per heavy atom. The Bertz CT molecular complexity index is 505. The van der Waals surface area contributed by atoms with Crippen LogP contribution >= 0.6 is 0 Å². The summed E-state index contributed by atoms with van der Waals surface area (Å²) < 4.78 is 0. The minimum Gasteiger partial charge on any atom is -0.507 e. The molecule has 0 aliphatic heterocycles. The predicted molar refractivity (Wildman–Crippen MR) is 54.5 cm³/mol. The first kappa shape index (κ1) is 9.26. The molecule has 0 unspecified atom stereocenters. The third-order valence-electron chi connectivity index (χ3n) is 2.11. The summed E-state index contributed by atoms with van der Waals surface area (Å²) in [6.45, 7) is 0. The van der Waals surface area contributed by atoms with E-state index in [-0.39, 0.29) is 11.4 Å². The third kappa shape index (κ3) is 1.54. The molecule has 15 heavy (non-hydrogen) atoms. The number of nitrogens with zero attached hydrogens (tertiary/aromatic N) is 1. The van der Waals surface area contributed by atoms with E-state index >= 15 is 0 Å². The molecule has 1 heterocycles. The molecule has 0 radical (unpaired) electrons. The number of aromatic hydroxyl groups is 1. The molecule has 0 aliphatic carbocycles. The molecule has 0 spiro atoms. The number of nitrogens with one attached hydrogen (secondary N) is 1. The van der Waals surface area contributed by atoms with Crippen molar-refractivity contribution in [1.82, 2.24) is 4.98 Å². The first-order chi connectivity index (χ1) is 7.20. The summed E-state index contributed by atoms with van der Waals surface area (Å²) in [5, 5.41) is 20.2. The molecule has 2 rings (SSSR count). The SMILES string of the molecule is O=[N+]([O-])c1c[nH]cc1-c1ccccc1O. The molecular formula is C10H8N2O3. The molecule has 5 nitrogen and oxygen atoms in total. The Labute approximate surface area is 85.1 Å². The zero-order valence-electron chi connectivity index (χ0n) is 7.68. The first-order valence-electron chi connectivity index (χ1n) is 4.29. The van der Waals surface area contributed by atoms with Crippen LogP contribution in [-0.2, 0) is 0 Å². The Kier molecular flexibility index (Phi) is 2.13. The summed E-state index contributed by atoms with van der Waals surface area (Å²) in [4.78, 5) is 12.8. The standard InChI is InChI=1S/C10H8N2O3/c13-10-4-2-1-3-7(10)8-5-11-6-9(8)12(14)15/h1-6,11,13H. The molecule has 0 aliphatic rings. The van der Waals surface area contributed by atoms with Crippen LogP contribution in [0.5, 0.6) is 5.75 Å². The lowest BCUT2D eigenvalue weighted by atomic mass is 10.1. The van der Waals surface area contributed by atoms with E-state index in [9.17, 15) is 15.2 Å². The van der Waals surface area contributed by atoms with E-state index in [0.29, 0.717) is 11.1 Å². The molecule has 2 aromatic rings. The second kappa shape index (κ2) is 3.45. The molecule has 0 saturated heterocycles. The molecule has 1 aromatic carbocycles. The number of phenols is 1. The number of aromatic nitrogens is 1. The van der Waals surface area contributed by atoms with Crippen molar-refractivity contribution in [2.75, 3.05) is 0 Å². The smallest absolute Gasteiger partial charge is 0.294 e. The van der Waals surface area contributed by atoms with Crippen molar-refractivity contribution in [3.8, 4) is 16.9 Å². The monoisotopic (exact) mass is 204 g/mol. The molecular weight excluding hydrogens is 196 g/mol. The van der Waals surface area contributed by atoms with Gasteiger partial charge in [0.25, 0.3) is 5.69 Å². The van der Waals surface area contributed by atoms with Gasteiger partial charge >= 0.3 is 0 Å². The van der Waals surface area contributed by atoms with Crippen molar-refractivity contribution in [3.05, 3.63) is 46.8 Å². The second-order valence-corrected chi connectivity index (χ2v) is 3.03.